The Morgan fingerprint density at radius 1 is 0.886 bits per heavy atom. The number of aliphatic carboxylic acids is 1. The Morgan fingerprint density at radius 3 is 2.23 bits per heavy atom. The first-order chi connectivity index (χ1) is 17.2. The second kappa shape index (κ2) is 10.6. The van der Waals surface area contributed by atoms with Gasteiger partial charge in [-0.25, -0.2) is 4.79 Å². The Hall–Kier alpha value is -3.92. The van der Waals surface area contributed by atoms with Crippen LogP contribution in [0.25, 0.3) is 0 Å². The lowest BCUT2D eigenvalue weighted by Crippen LogP contribution is -2.19. The summed E-state index contributed by atoms with van der Waals surface area (Å²) in [6, 6.07) is 31.5. The molecule has 1 unspecified atom stereocenters. The van der Waals surface area contributed by atoms with Gasteiger partial charge in [0.25, 0.3) is 0 Å². The molecule has 35 heavy (non-hydrogen) atoms. The summed E-state index contributed by atoms with van der Waals surface area (Å²) in [5.74, 6) is 0.422. The predicted octanol–water partition coefficient (Wildman–Crippen LogP) is 6.07. The summed E-state index contributed by atoms with van der Waals surface area (Å²) >= 11 is 0. The van der Waals surface area contributed by atoms with Gasteiger partial charge in [0.2, 0.25) is 0 Å². The zero-order valence-corrected chi connectivity index (χ0v) is 19.6. The lowest BCUT2D eigenvalue weighted by atomic mass is 9.81. The Morgan fingerprint density at radius 2 is 1.60 bits per heavy atom. The van der Waals surface area contributed by atoms with Crippen LogP contribution in [0.15, 0.2) is 97.2 Å². The van der Waals surface area contributed by atoms with Crippen molar-refractivity contribution in [2.45, 2.75) is 31.6 Å². The summed E-state index contributed by atoms with van der Waals surface area (Å²) in [4.78, 5) is 15.8. The minimum atomic E-state index is -0.951. The van der Waals surface area contributed by atoms with Gasteiger partial charge in [0.15, 0.2) is 6.61 Å². The zero-order valence-electron chi connectivity index (χ0n) is 19.6. The minimum Gasteiger partial charge on any atom is -0.482 e. The normalized spacial score (nSPS) is 14.9. The van der Waals surface area contributed by atoms with E-state index in [4.69, 9.17) is 14.8 Å². The molecule has 1 aliphatic rings. The van der Waals surface area contributed by atoms with E-state index in [1.807, 2.05) is 18.3 Å². The third-order valence-corrected chi connectivity index (χ3v) is 6.84. The molecule has 0 spiro atoms. The summed E-state index contributed by atoms with van der Waals surface area (Å²) in [7, 11) is 0. The molecule has 1 heterocycles. The molecule has 0 amide bonds. The molecule has 1 aliphatic carbocycles. The van der Waals surface area contributed by atoms with E-state index in [2.05, 4.69) is 78.9 Å². The van der Waals surface area contributed by atoms with Gasteiger partial charge in [-0.05, 0) is 71.6 Å². The Labute approximate surface area is 206 Å². The van der Waals surface area contributed by atoms with Crippen molar-refractivity contribution in [3.63, 3.8) is 0 Å². The summed E-state index contributed by atoms with van der Waals surface area (Å²) in [5, 5.41) is 8.94. The van der Waals surface area contributed by atoms with Crippen molar-refractivity contribution >= 4 is 5.97 Å². The topological polar surface area (TPSA) is 59.4 Å². The average molecular weight is 464 g/mol. The molecule has 176 valence electrons. The van der Waals surface area contributed by atoms with E-state index < -0.39 is 5.97 Å². The summed E-state index contributed by atoms with van der Waals surface area (Å²) in [5.41, 5.74) is 7.24. The van der Waals surface area contributed by atoms with Gasteiger partial charge in [-0.1, -0.05) is 78.9 Å². The smallest absolute Gasteiger partial charge is 0.341 e. The molecule has 0 saturated heterocycles. The number of ether oxygens (including phenoxy) is 1. The lowest BCUT2D eigenvalue weighted by Gasteiger charge is -2.26. The Bertz CT molecular complexity index is 1230. The number of nitrogens with zero attached hydrogens (tertiary/aromatic N) is 1. The first-order valence-electron chi connectivity index (χ1n) is 12.2. The number of carboxylic acids is 1. The van der Waals surface area contributed by atoms with Crippen LogP contribution in [0.4, 0.5) is 0 Å². The molecule has 1 N–H and O–H groups in total. The van der Waals surface area contributed by atoms with Gasteiger partial charge < -0.3 is 9.84 Å². The van der Waals surface area contributed by atoms with Crippen molar-refractivity contribution in [1.82, 2.24) is 4.98 Å². The van der Waals surface area contributed by atoms with Crippen molar-refractivity contribution in [2.24, 2.45) is 5.92 Å². The molecule has 1 aromatic heterocycles. The van der Waals surface area contributed by atoms with E-state index >= 15 is 0 Å². The average Bonchev–Trinajstić information content (AvgIpc) is 2.90. The SMILES string of the molecule is O=C(O)COc1cccc2c1CCC(Cc1ccc(C(c3ccccc3)c3ccccc3)cn1)C2. The predicted molar refractivity (Wildman–Crippen MR) is 137 cm³/mol. The number of fused-ring (bicyclic) bond motifs is 1. The molecule has 0 aliphatic heterocycles. The molecule has 3 aromatic carbocycles. The highest BCUT2D eigenvalue weighted by molar-refractivity contribution is 5.68. The third-order valence-electron chi connectivity index (χ3n) is 6.84. The maximum absolute atomic E-state index is 10.9. The third kappa shape index (κ3) is 5.43. The van der Waals surface area contributed by atoms with Crippen molar-refractivity contribution in [2.75, 3.05) is 6.61 Å². The number of benzene rings is 3. The second-order valence-corrected chi connectivity index (χ2v) is 9.23. The van der Waals surface area contributed by atoms with Crippen LogP contribution in [0.2, 0.25) is 0 Å². The number of carbonyl (C=O) groups is 1. The summed E-state index contributed by atoms with van der Waals surface area (Å²) < 4.78 is 5.52. The molecule has 4 aromatic rings. The fourth-order valence-corrected chi connectivity index (χ4v) is 5.19. The molecular formula is C31H29NO3. The zero-order chi connectivity index (χ0) is 24.0. The van der Waals surface area contributed by atoms with Gasteiger partial charge in [-0.3, -0.25) is 4.98 Å². The molecule has 0 radical (unpaired) electrons. The molecule has 5 rings (SSSR count). The van der Waals surface area contributed by atoms with Crippen LogP contribution in [0, 0.1) is 5.92 Å². The van der Waals surface area contributed by atoms with E-state index in [1.165, 1.54) is 22.3 Å². The number of aromatic nitrogens is 1. The molecule has 4 heteroatoms. The fraction of sp³-hybridized carbons (Fsp3) is 0.226. The maximum atomic E-state index is 10.9. The van der Waals surface area contributed by atoms with Gasteiger partial charge in [0, 0.05) is 17.8 Å². The van der Waals surface area contributed by atoms with Crippen LogP contribution in [-0.2, 0) is 24.1 Å². The summed E-state index contributed by atoms with van der Waals surface area (Å²) in [6.07, 6.45) is 5.87. The molecule has 0 fully saturated rings. The van der Waals surface area contributed by atoms with Crippen molar-refractivity contribution in [3.8, 4) is 5.75 Å². The monoisotopic (exact) mass is 463 g/mol. The van der Waals surface area contributed by atoms with E-state index in [1.54, 1.807) is 0 Å². The molecular weight excluding hydrogens is 434 g/mol. The van der Waals surface area contributed by atoms with E-state index in [9.17, 15) is 4.79 Å². The van der Waals surface area contributed by atoms with E-state index in [-0.39, 0.29) is 12.5 Å². The van der Waals surface area contributed by atoms with Gasteiger partial charge >= 0.3 is 5.97 Å². The largest absolute Gasteiger partial charge is 0.482 e. The first-order valence-corrected chi connectivity index (χ1v) is 12.2. The highest BCUT2D eigenvalue weighted by Gasteiger charge is 2.23. The second-order valence-electron chi connectivity index (χ2n) is 9.23. The van der Waals surface area contributed by atoms with Gasteiger partial charge in [-0.15, -0.1) is 0 Å². The Balaban J connectivity index is 1.31. The highest BCUT2D eigenvalue weighted by atomic mass is 16.5. The summed E-state index contributed by atoms with van der Waals surface area (Å²) in [6.45, 7) is -0.302. The van der Waals surface area contributed by atoms with Gasteiger partial charge in [-0.2, -0.15) is 0 Å². The first kappa shape index (κ1) is 22.9. The number of hydrogen-bond acceptors (Lipinski definition) is 3. The number of pyridine rings is 1. The van der Waals surface area contributed by atoms with Crippen molar-refractivity contribution < 1.29 is 14.6 Å². The van der Waals surface area contributed by atoms with Crippen LogP contribution < -0.4 is 4.74 Å². The number of hydrogen-bond donors (Lipinski definition) is 1. The molecule has 0 saturated carbocycles. The fourth-order valence-electron chi connectivity index (χ4n) is 5.19. The standard InChI is InChI=1S/C31H29NO3/c33-30(34)21-35-29-13-7-12-25-18-22(14-17-28(25)29)19-27-16-15-26(20-32-27)31(23-8-3-1-4-9-23)24-10-5-2-6-11-24/h1-13,15-16,20,22,31H,14,17-19,21H2,(H,33,34). The quantitative estimate of drug-likeness (QED) is 0.344. The van der Waals surface area contributed by atoms with Crippen LogP contribution in [0.5, 0.6) is 5.75 Å². The van der Waals surface area contributed by atoms with Gasteiger partial charge in [0.1, 0.15) is 5.75 Å². The van der Waals surface area contributed by atoms with E-state index in [0.717, 1.165) is 36.9 Å². The van der Waals surface area contributed by atoms with Crippen LogP contribution in [0.1, 0.15) is 45.8 Å². The Kier molecular flexibility index (Phi) is 6.89. The number of carboxylic acid groups (broad SMARTS) is 1. The van der Waals surface area contributed by atoms with E-state index in [0.29, 0.717) is 11.7 Å². The van der Waals surface area contributed by atoms with Crippen LogP contribution >= 0.6 is 0 Å². The van der Waals surface area contributed by atoms with Crippen molar-refractivity contribution in [1.29, 1.82) is 0 Å². The van der Waals surface area contributed by atoms with Crippen LogP contribution in [0.3, 0.4) is 0 Å². The molecule has 0 bridgehead atoms. The molecule has 1 atom stereocenters. The highest BCUT2D eigenvalue weighted by Crippen LogP contribution is 2.34. The maximum Gasteiger partial charge on any atom is 0.341 e. The lowest BCUT2D eigenvalue weighted by molar-refractivity contribution is -0.139. The molecule has 4 nitrogen and oxygen atoms in total. The van der Waals surface area contributed by atoms with Gasteiger partial charge in [0.05, 0.1) is 0 Å². The van der Waals surface area contributed by atoms with Crippen LogP contribution in [-0.4, -0.2) is 22.7 Å². The minimum absolute atomic E-state index is 0.157. The number of rotatable bonds is 8. The van der Waals surface area contributed by atoms with Crippen molar-refractivity contribution in [3.05, 3.63) is 131 Å².